The standard InChI is InChI=1S/C28H24O4/c1-21(29)25-14-8-9-15-26(25)32-28-18-24(30-19-22-10-4-2-5-11-22)16-17-27(28)31-20-23-12-6-3-7-13-23/h2-18H,19-20H2,1H3. The first-order valence-electron chi connectivity index (χ1n) is 10.4. The molecular formula is C28H24O4. The number of ketones is 1. The van der Waals surface area contributed by atoms with Crippen molar-refractivity contribution in [1.29, 1.82) is 0 Å². The maximum absolute atomic E-state index is 12.0. The predicted octanol–water partition coefficient (Wildman–Crippen LogP) is 6.84. The number of ether oxygens (including phenoxy) is 3. The summed E-state index contributed by atoms with van der Waals surface area (Å²) in [4.78, 5) is 12.0. The third-order valence-corrected chi connectivity index (χ3v) is 4.89. The Morgan fingerprint density at radius 1 is 0.625 bits per heavy atom. The van der Waals surface area contributed by atoms with E-state index in [1.165, 1.54) is 6.92 Å². The lowest BCUT2D eigenvalue weighted by molar-refractivity contribution is 0.101. The van der Waals surface area contributed by atoms with Crippen molar-refractivity contribution in [2.45, 2.75) is 20.1 Å². The lowest BCUT2D eigenvalue weighted by atomic mass is 10.1. The second-order valence-corrected chi connectivity index (χ2v) is 7.31. The second kappa shape index (κ2) is 10.3. The van der Waals surface area contributed by atoms with Crippen molar-refractivity contribution >= 4 is 5.78 Å². The van der Waals surface area contributed by atoms with E-state index in [-0.39, 0.29) is 5.78 Å². The minimum Gasteiger partial charge on any atom is -0.489 e. The summed E-state index contributed by atoms with van der Waals surface area (Å²) in [5, 5.41) is 0. The van der Waals surface area contributed by atoms with Gasteiger partial charge in [0.2, 0.25) is 0 Å². The maximum atomic E-state index is 12.0. The van der Waals surface area contributed by atoms with Crippen LogP contribution in [0.25, 0.3) is 0 Å². The van der Waals surface area contributed by atoms with Gasteiger partial charge in [0.05, 0.1) is 5.56 Å². The summed E-state index contributed by atoms with van der Waals surface area (Å²) in [7, 11) is 0. The third kappa shape index (κ3) is 5.55. The smallest absolute Gasteiger partial charge is 0.173 e. The number of rotatable bonds is 9. The van der Waals surface area contributed by atoms with Crippen LogP contribution in [0, 0.1) is 0 Å². The molecule has 0 spiro atoms. The van der Waals surface area contributed by atoms with Crippen LogP contribution in [0.3, 0.4) is 0 Å². The van der Waals surface area contributed by atoms with E-state index in [4.69, 9.17) is 14.2 Å². The van der Waals surface area contributed by atoms with Gasteiger partial charge in [-0.1, -0.05) is 72.8 Å². The zero-order valence-corrected chi connectivity index (χ0v) is 17.9. The Morgan fingerprint density at radius 2 is 1.22 bits per heavy atom. The van der Waals surface area contributed by atoms with Crippen molar-refractivity contribution in [3.63, 3.8) is 0 Å². The maximum Gasteiger partial charge on any atom is 0.173 e. The average Bonchev–Trinajstić information content (AvgIpc) is 2.83. The zero-order valence-electron chi connectivity index (χ0n) is 17.9. The minimum absolute atomic E-state index is 0.0659. The second-order valence-electron chi connectivity index (χ2n) is 7.31. The van der Waals surface area contributed by atoms with Crippen molar-refractivity contribution in [3.05, 3.63) is 120 Å². The Balaban J connectivity index is 1.59. The Labute approximate surface area is 188 Å². The molecule has 0 aliphatic rings. The van der Waals surface area contributed by atoms with Gasteiger partial charge in [0, 0.05) is 6.07 Å². The fourth-order valence-corrected chi connectivity index (χ4v) is 3.22. The van der Waals surface area contributed by atoms with Gasteiger partial charge in [-0.2, -0.15) is 0 Å². The number of para-hydroxylation sites is 1. The molecule has 32 heavy (non-hydrogen) atoms. The summed E-state index contributed by atoms with van der Waals surface area (Å²) in [5.41, 5.74) is 2.63. The van der Waals surface area contributed by atoms with Crippen molar-refractivity contribution in [1.82, 2.24) is 0 Å². The van der Waals surface area contributed by atoms with Crippen LogP contribution in [0.15, 0.2) is 103 Å². The topological polar surface area (TPSA) is 44.8 Å². The fraction of sp³-hybridized carbons (Fsp3) is 0.107. The minimum atomic E-state index is -0.0659. The lowest BCUT2D eigenvalue weighted by Crippen LogP contribution is -2.01. The van der Waals surface area contributed by atoms with Crippen molar-refractivity contribution < 1.29 is 19.0 Å². The predicted molar refractivity (Wildman–Crippen MR) is 125 cm³/mol. The number of Topliss-reactive ketones (excluding diaryl/α,β-unsaturated/α-hetero) is 1. The summed E-state index contributed by atoms with van der Waals surface area (Å²) < 4.78 is 18.2. The van der Waals surface area contributed by atoms with Gasteiger partial charge in [0.25, 0.3) is 0 Å². The van der Waals surface area contributed by atoms with Gasteiger partial charge in [-0.3, -0.25) is 4.79 Å². The van der Waals surface area contributed by atoms with E-state index >= 15 is 0 Å². The highest BCUT2D eigenvalue weighted by Crippen LogP contribution is 2.37. The van der Waals surface area contributed by atoms with E-state index < -0.39 is 0 Å². The van der Waals surface area contributed by atoms with E-state index in [0.29, 0.717) is 41.8 Å². The molecule has 0 aliphatic heterocycles. The highest BCUT2D eigenvalue weighted by molar-refractivity contribution is 5.96. The van der Waals surface area contributed by atoms with Crippen LogP contribution in [0.2, 0.25) is 0 Å². The first-order valence-corrected chi connectivity index (χ1v) is 10.4. The van der Waals surface area contributed by atoms with E-state index in [2.05, 4.69) is 0 Å². The first-order chi connectivity index (χ1) is 15.7. The molecule has 0 aliphatic carbocycles. The highest BCUT2D eigenvalue weighted by atomic mass is 16.5. The van der Waals surface area contributed by atoms with Crippen LogP contribution >= 0.6 is 0 Å². The van der Waals surface area contributed by atoms with Gasteiger partial charge in [0.15, 0.2) is 17.3 Å². The highest BCUT2D eigenvalue weighted by Gasteiger charge is 2.14. The molecule has 4 heteroatoms. The van der Waals surface area contributed by atoms with Gasteiger partial charge in [0.1, 0.15) is 24.7 Å². The molecular weight excluding hydrogens is 400 g/mol. The molecule has 0 fully saturated rings. The van der Waals surface area contributed by atoms with Gasteiger partial charge in [-0.15, -0.1) is 0 Å². The van der Waals surface area contributed by atoms with Crippen LogP contribution in [0.5, 0.6) is 23.0 Å². The molecule has 0 saturated carbocycles. The van der Waals surface area contributed by atoms with Crippen LogP contribution < -0.4 is 14.2 Å². The largest absolute Gasteiger partial charge is 0.489 e. The van der Waals surface area contributed by atoms with Gasteiger partial charge in [-0.05, 0) is 42.3 Å². The molecule has 0 saturated heterocycles. The summed E-state index contributed by atoms with van der Waals surface area (Å²) in [6.07, 6.45) is 0. The molecule has 4 aromatic carbocycles. The molecule has 0 heterocycles. The lowest BCUT2D eigenvalue weighted by Gasteiger charge is -2.16. The van der Waals surface area contributed by atoms with E-state index in [1.807, 2.05) is 84.9 Å². The van der Waals surface area contributed by atoms with Crippen molar-refractivity contribution in [2.24, 2.45) is 0 Å². The van der Waals surface area contributed by atoms with Crippen LogP contribution in [-0.4, -0.2) is 5.78 Å². The molecule has 4 aromatic rings. The van der Waals surface area contributed by atoms with Crippen molar-refractivity contribution in [3.8, 4) is 23.0 Å². The Hall–Kier alpha value is -4.05. The number of hydrogen-bond donors (Lipinski definition) is 0. The molecule has 0 atom stereocenters. The number of carbonyl (C=O) groups is 1. The van der Waals surface area contributed by atoms with E-state index in [9.17, 15) is 4.79 Å². The monoisotopic (exact) mass is 424 g/mol. The fourth-order valence-electron chi connectivity index (χ4n) is 3.22. The number of benzene rings is 4. The summed E-state index contributed by atoms with van der Waals surface area (Å²) in [6, 6.07) is 32.5. The zero-order chi connectivity index (χ0) is 22.2. The molecule has 0 unspecified atom stereocenters. The van der Waals surface area contributed by atoms with Crippen LogP contribution in [0.4, 0.5) is 0 Å². The third-order valence-electron chi connectivity index (χ3n) is 4.89. The molecule has 0 bridgehead atoms. The molecule has 4 nitrogen and oxygen atoms in total. The summed E-state index contributed by atoms with van der Waals surface area (Å²) in [5.74, 6) is 2.12. The molecule has 0 amide bonds. The van der Waals surface area contributed by atoms with Gasteiger partial charge in [-0.25, -0.2) is 0 Å². The van der Waals surface area contributed by atoms with Gasteiger partial charge >= 0.3 is 0 Å². The van der Waals surface area contributed by atoms with Crippen molar-refractivity contribution in [2.75, 3.05) is 0 Å². The molecule has 0 aromatic heterocycles. The Bertz CT molecular complexity index is 1170. The molecule has 0 radical (unpaired) electrons. The average molecular weight is 424 g/mol. The van der Waals surface area contributed by atoms with Crippen LogP contribution in [0.1, 0.15) is 28.4 Å². The molecule has 0 N–H and O–H groups in total. The number of carbonyl (C=O) groups excluding carboxylic acids is 1. The summed E-state index contributed by atoms with van der Waals surface area (Å²) >= 11 is 0. The molecule has 160 valence electrons. The Kier molecular flexibility index (Phi) is 6.83. The first kappa shape index (κ1) is 21.2. The van der Waals surface area contributed by atoms with E-state index in [1.54, 1.807) is 18.2 Å². The van der Waals surface area contributed by atoms with E-state index in [0.717, 1.165) is 11.1 Å². The molecule has 4 rings (SSSR count). The quantitative estimate of drug-likeness (QED) is 0.276. The summed E-state index contributed by atoms with van der Waals surface area (Å²) in [6.45, 7) is 2.36. The van der Waals surface area contributed by atoms with Crippen LogP contribution in [-0.2, 0) is 13.2 Å². The normalized spacial score (nSPS) is 10.4. The number of hydrogen-bond acceptors (Lipinski definition) is 4. The Morgan fingerprint density at radius 3 is 1.88 bits per heavy atom. The SMILES string of the molecule is CC(=O)c1ccccc1Oc1cc(OCc2ccccc2)ccc1OCc1ccccc1. The van der Waals surface area contributed by atoms with Gasteiger partial charge < -0.3 is 14.2 Å².